The van der Waals surface area contributed by atoms with E-state index in [9.17, 15) is 9.59 Å². The average molecular weight is 514 g/mol. The number of hydrogen-bond donors (Lipinski definition) is 1. The van der Waals surface area contributed by atoms with Crippen LogP contribution in [-0.2, 0) is 20.8 Å². The molecule has 0 spiro atoms. The lowest BCUT2D eigenvalue weighted by Crippen LogP contribution is -2.41. The van der Waals surface area contributed by atoms with Crippen LogP contribution in [0.1, 0.15) is 5.56 Å². The van der Waals surface area contributed by atoms with E-state index in [0.29, 0.717) is 37.0 Å². The van der Waals surface area contributed by atoms with Crippen molar-refractivity contribution in [1.82, 2.24) is 20.3 Å². The van der Waals surface area contributed by atoms with E-state index in [4.69, 9.17) is 21.1 Å². The van der Waals surface area contributed by atoms with Crippen molar-refractivity contribution in [3.05, 3.63) is 71.4 Å². The Balaban J connectivity index is 1.58. The molecule has 2 aromatic carbocycles. The van der Waals surface area contributed by atoms with Crippen molar-refractivity contribution in [3.8, 4) is 0 Å². The van der Waals surface area contributed by atoms with Crippen LogP contribution in [0.5, 0.6) is 0 Å². The summed E-state index contributed by atoms with van der Waals surface area (Å²) in [6.45, 7) is 2.46. The van der Waals surface area contributed by atoms with E-state index in [1.54, 1.807) is 12.3 Å². The standard InChI is InChI=1S/C26H32ClN5O4/c1-30(2)11-14-35-15-13-32(25-17-21-7-3-4-8-22(21)18-28-25)26(34)36-16-12-31(20-33)29-19-23-9-5-6-10-24(23)27/h3-10,17-18,20,29H,11-16,19H2,1-2H3. The molecule has 1 aromatic heterocycles. The summed E-state index contributed by atoms with van der Waals surface area (Å²) in [6, 6.07) is 17.0. The van der Waals surface area contributed by atoms with Crippen molar-refractivity contribution < 1.29 is 19.1 Å². The maximum Gasteiger partial charge on any atom is 0.415 e. The summed E-state index contributed by atoms with van der Waals surface area (Å²) in [5, 5.41) is 3.86. The molecule has 0 aliphatic carbocycles. The molecule has 0 bridgehead atoms. The Kier molecular flexibility index (Phi) is 10.9. The number of likely N-dealkylation sites (N-methyl/N-ethyl adjacent to an activating group) is 1. The molecule has 0 aliphatic heterocycles. The van der Waals surface area contributed by atoms with Crippen molar-refractivity contribution in [2.24, 2.45) is 0 Å². The van der Waals surface area contributed by atoms with Gasteiger partial charge in [0.15, 0.2) is 0 Å². The first-order chi connectivity index (χ1) is 17.5. The lowest BCUT2D eigenvalue weighted by atomic mass is 10.2. The fraction of sp³-hybridized carbons (Fsp3) is 0.346. The minimum atomic E-state index is -0.564. The number of ether oxygens (including phenoxy) is 2. The molecule has 3 aromatic rings. The molecule has 1 heterocycles. The molecule has 36 heavy (non-hydrogen) atoms. The van der Waals surface area contributed by atoms with Gasteiger partial charge in [0.2, 0.25) is 6.41 Å². The van der Waals surface area contributed by atoms with E-state index in [-0.39, 0.29) is 19.7 Å². The predicted molar refractivity (Wildman–Crippen MR) is 141 cm³/mol. The fourth-order valence-electron chi connectivity index (χ4n) is 3.33. The molecule has 9 nitrogen and oxygen atoms in total. The molecule has 0 saturated heterocycles. The number of carbonyl (C=O) groups is 2. The number of aromatic nitrogens is 1. The zero-order valence-electron chi connectivity index (χ0n) is 20.6. The number of benzene rings is 2. The maximum absolute atomic E-state index is 13.0. The third kappa shape index (κ3) is 8.46. The van der Waals surface area contributed by atoms with Crippen LogP contribution in [0.4, 0.5) is 10.6 Å². The van der Waals surface area contributed by atoms with Crippen LogP contribution in [0.15, 0.2) is 60.8 Å². The third-order valence-corrected chi connectivity index (χ3v) is 5.74. The van der Waals surface area contributed by atoms with Crippen molar-refractivity contribution in [1.29, 1.82) is 0 Å². The highest BCUT2D eigenvalue weighted by molar-refractivity contribution is 6.31. The summed E-state index contributed by atoms with van der Waals surface area (Å²) in [5.41, 5.74) is 3.83. The summed E-state index contributed by atoms with van der Waals surface area (Å²) in [6.07, 6.45) is 1.81. The SMILES string of the molecule is CN(C)CCOCCN(C(=O)OCCN(C=O)NCc1ccccc1Cl)c1cc2ccccc2cn1. The molecular weight excluding hydrogens is 482 g/mol. The molecule has 3 rings (SSSR count). The zero-order valence-corrected chi connectivity index (χ0v) is 21.4. The number of halogens is 1. The Hall–Kier alpha value is -3.24. The van der Waals surface area contributed by atoms with Crippen LogP contribution < -0.4 is 10.3 Å². The number of fused-ring (bicyclic) bond motifs is 1. The van der Waals surface area contributed by atoms with Gasteiger partial charge in [-0.3, -0.25) is 14.7 Å². The number of hydrazine groups is 1. The molecule has 0 atom stereocenters. The molecule has 0 radical (unpaired) electrons. The lowest BCUT2D eigenvalue weighted by molar-refractivity contribution is -0.121. The lowest BCUT2D eigenvalue weighted by Gasteiger charge is -2.23. The number of anilines is 1. The van der Waals surface area contributed by atoms with Crippen molar-refractivity contribution in [3.63, 3.8) is 0 Å². The highest BCUT2D eigenvalue weighted by atomic mass is 35.5. The molecule has 192 valence electrons. The zero-order chi connectivity index (χ0) is 25.8. The van der Waals surface area contributed by atoms with Crippen LogP contribution in [-0.4, -0.2) is 80.9 Å². The molecule has 10 heteroatoms. The highest BCUT2D eigenvalue weighted by Gasteiger charge is 2.19. The number of carbonyl (C=O) groups excluding carboxylic acids is 2. The second-order valence-corrected chi connectivity index (χ2v) is 8.70. The van der Waals surface area contributed by atoms with E-state index in [0.717, 1.165) is 22.9 Å². The Morgan fingerprint density at radius 3 is 2.47 bits per heavy atom. The van der Waals surface area contributed by atoms with E-state index in [1.165, 1.54) is 9.91 Å². The number of nitrogens with one attached hydrogen (secondary N) is 1. The summed E-state index contributed by atoms with van der Waals surface area (Å²) < 4.78 is 11.2. The van der Waals surface area contributed by atoms with Gasteiger partial charge in [-0.25, -0.2) is 15.2 Å². The predicted octanol–water partition coefficient (Wildman–Crippen LogP) is 3.57. The largest absolute Gasteiger partial charge is 0.447 e. The van der Waals surface area contributed by atoms with Crippen LogP contribution in [0.3, 0.4) is 0 Å². The highest BCUT2D eigenvalue weighted by Crippen LogP contribution is 2.20. The minimum absolute atomic E-state index is 0.00133. The first-order valence-electron chi connectivity index (χ1n) is 11.7. The smallest absolute Gasteiger partial charge is 0.415 e. The van der Waals surface area contributed by atoms with Crippen LogP contribution in [0.25, 0.3) is 10.8 Å². The number of amides is 2. The normalized spacial score (nSPS) is 11.0. The van der Waals surface area contributed by atoms with Gasteiger partial charge in [0.1, 0.15) is 12.4 Å². The average Bonchev–Trinajstić information content (AvgIpc) is 2.88. The molecule has 0 saturated carbocycles. The first kappa shape index (κ1) is 27.3. The van der Waals surface area contributed by atoms with Crippen LogP contribution in [0, 0.1) is 0 Å². The number of nitrogens with zero attached hydrogens (tertiary/aromatic N) is 4. The van der Waals surface area contributed by atoms with Gasteiger partial charge in [0, 0.05) is 29.7 Å². The van der Waals surface area contributed by atoms with Gasteiger partial charge in [-0.1, -0.05) is 54.1 Å². The fourth-order valence-corrected chi connectivity index (χ4v) is 3.53. The molecule has 0 aliphatic rings. The summed E-state index contributed by atoms with van der Waals surface area (Å²) >= 11 is 6.16. The van der Waals surface area contributed by atoms with Gasteiger partial charge < -0.3 is 14.4 Å². The molecule has 0 fully saturated rings. The summed E-state index contributed by atoms with van der Waals surface area (Å²) in [7, 11) is 3.94. The number of rotatable bonds is 14. The van der Waals surface area contributed by atoms with E-state index >= 15 is 0 Å². The monoisotopic (exact) mass is 513 g/mol. The van der Waals surface area contributed by atoms with Crippen molar-refractivity contribution in [2.75, 3.05) is 58.5 Å². The summed E-state index contributed by atoms with van der Waals surface area (Å²) in [5.74, 6) is 0.471. The topological polar surface area (TPSA) is 87.2 Å². The number of pyridine rings is 1. The second-order valence-electron chi connectivity index (χ2n) is 8.30. The molecule has 2 amide bonds. The Morgan fingerprint density at radius 1 is 1.00 bits per heavy atom. The quantitative estimate of drug-likeness (QED) is 0.200. The van der Waals surface area contributed by atoms with Crippen LogP contribution in [0.2, 0.25) is 5.02 Å². The Morgan fingerprint density at radius 2 is 1.72 bits per heavy atom. The van der Waals surface area contributed by atoms with Gasteiger partial charge in [0.25, 0.3) is 0 Å². The summed E-state index contributed by atoms with van der Waals surface area (Å²) in [4.78, 5) is 32.4. The Bertz CT molecular complexity index is 1130. The molecule has 1 N–H and O–H groups in total. The van der Waals surface area contributed by atoms with E-state index < -0.39 is 6.09 Å². The van der Waals surface area contributed by atoms with Gasteiger partial charge in [0.05, 0.1) is 26.3 Å². The van der Waals surface area contributed by atoms with Gasteiger partial charge in [-0.2, -0.15) is 0 Å². The third-order valence-electron chi connectivity index (χ3n) is 5.37. The van der Waals surface area contributed by atoms with Gasteiger partial charge in [-0.15, -0.1) is 0 Å². The number of hydrogen-bond acceptors (Lipinski definition) is 7. The second kappa shape index (κ2) is 14.4. The Labute approximate surface area is 216 Å². The molecular formula is C26H32ClN5O4. The van der Waals surface area contributed by atoms with Crippen molar-refractivity contribution >= 4 is 40.7 Å². The van der Waals surface area contributed by atoms with E-state index in [1.807, 2.05) is 67.5 Å². The van der Waals surface area contributed by atoms with Gasteiger partial charge in [-0.05, 0) is 37.2 Å². The van der Waals surface area contributed by atoms with Gasteiger partial charge >= 0.3 is 6.09 Å². The maximum atomic E-state index is 13.0. The van der Waals surface area contributed by atoms with Crippen molar-refractivity contribution in [2.45, 2.75) is 6.54 Å². The first-order valence-corrected chi connectivity index (χ1v) is 12.1. The van der Waals surface area contributed by atoms with Crippen LogP contribution >= 0.6 is 11.6 Å². The van der Waals surface area contributed by atoms with E-state index in [2.05, 4.69) is 10.4 Å². The molecule has 0 unspecified atom stereocenters. The minimum Gasteiger partial charge on any atom is -0.447 e.